The van der Waals surface area contributed by atoms with Crippen molar-refractivity contribution in [3.8, 4) is 10.4 Å². The zero-order chi connectivity index (χ0) is 9.10. The van der Waals surface area contributed by atoms with Crippen LogP contribution in [-0.2, 0) is 6.67 Å². The summed E-state index contributed by atoms with van der Waals surface area (Å²) in [6, 6.07) is 9.60. The molecule has 0 fully saturated rings. The first kappa shape index (κ1) is 8.31. The minimum Gasteiger partial charge on any atom is -0.244 e. The first-order valence-electron chi connectivity index (χ1n) is 3.84. The topological polar surface area (TPSA) is 25.8 Å². The van der Waals surface area contributed by atoms with E-state index in [2.05, 4.69) is 9.59 Å². The summed E-state index contributed by atoms with van der Waals surface area (Å²) < 4.78 is 16.1. The van der Waals surface area contributed by atoms with E-state index >= 15 is 0 Å². The van der Waals surface area contributed by atoms with Gasteiger partial charge in [0.05, 0.1) is 4.88 Å². The van der Waals surface area contributed by atoms with E-state index in [0.717, 1.165) is 10.4 Å². The van der Waals surface area contributed by atoms with Gasteiger partial charge in [0, 0.05) is 0 Å². The van der Waals surface area contributed by atoms with Crippen molar-refractivity contribution in [3.05, 3.63) is 36.0 Å². The minimum atomic E-state index is -0.555. The Labute approximate surface area is 79.2 Å². The Morgan fingerprint density at radius 2 is 2.00 bits per heavy atom. The van der Waals surface area contributed by atoms with Crippen molar-refractivity contribution in [1.29, 1.82) is 0 Å². The molecule has 1 aromatic carbocycles. The Hall–Kier alpha value is -1.29. The number of rotatable bonds is 2. The third kappa shape index (κ3) is 1.58. The molecule has 0 saturated heterocycles. The number of halogens is 1. The van der Waals surface area contributed by atoms with Crippen molar-refractivity contribution in [3.63, 3.8) is 0 Å². The predicted molar refractivity (Wildman–Crippen MR) is 50.2 cm³/mol. The van der Waals surface area contributed by atoms with Crippen LogP contribution < -0.4 is 0 Å². The average molecular weight is 194 g/mol. The molecule has 0 saturated carbocycles. The normalized spacial score (nSPS) is 10.2. The zero-order valence-corrected chi connectivity index (χ0v) is 7.59. The lowest BCUT2D eigenvalue weighted by Gasteiger charge is -1.95. The summed E-state index contributed by atoms with van der Waals surface area (Å²) >= 11 is 1.23. The molecule has 0 unspecified atom stereocenters. The minimum absolute atomic E-state index is 0.427. The molecule has 0 N–H and O–H groups in total. The maximum Gasteiger partial charge on any atom is 0.135 e. The van der Waals surface area contributed by atoms with E-state index < -0.39 is 6.67 Å². The molecule has 2 nitrogen and oxygen atoms in total. The standard InChI is InChI=1S/C9H7FN2S/c10-6-8-9(13-12-11-8)7-4-2-1-3-5-7/h1-5H,6H2. The summed E-state index contributed by atoms with van der Waals surface area (Å²) in [5, 5.41) is 3.70. The van der Waals surface area contributed by atoms with Gasteiger partial charge in [0.25, 0.3) is 0 Å². The van der Waals surface area contributed by atoms with Crippen molar-refractivity contribution < 1.29 is 4.39 Å². The van der Waals surface area contributed by atoms with Gasteiger partial charge < -0.3 is 0 Å². The van der Waals surface area contributed by atoms with Gasteiger partial charge in [0.1, 0.15) is 12.4 Å². The van der Waals surface area contributed by atoms with Crippen LogP contribution in [0.2, 0.25) is 0 Å². The lowest BCUT2D eigenvalue weighted by atomic mass is 10.2. The molecule has 2 rings (SSSR count). The third-order valence-electron chi connectivity index (χ3n) is 1.72. The molecule has 2 aromatic rings. The Balaban J connectivity index is 2.47. The molecule has 4 heteroatoms. The fourth-order valence-corrected chi connectivity index (χ4v) is 1.77. The highest BCUT2D eigenvalue weighted by atomic mass is 32.1. The second kappa shape index (κ2) is 3.62. The van der Waals surface area contributed by atoms with Crippen molar-refractivity contribution in [1.82, 2.24) is 9.59 Å². The van der Waals surface area contributed by atoms with Gasteiger partial charge >= 0.3 is 0 Å². The lowest BCUT2D eigenvalue weighted by Crippen LogP contribution is -1.82. The van der Waals surface area contributed by atoms with Crippen molar-refractivity contribution in [2.45, 2.75) is 6.67 Å². The van der Waals surface area contributed by atoms with Gasteiger partial charge in [-0.05, 0) is 17.1 Å². The Kier molecular flexibility index (Phi) is 2.31. The quantitative estimate of drug-likeness (QED) is 0.734. The molecule has 0 atom stereocenters. The van der Waals surface area contributed by atoms with E-state index in [0.29, 0.717) is 5.69 Å². The van der Waals surface area contributed by atoms with Gasteiger partial charge in [0.2, 0.25) is 0 Å². The Morgan fingerprint density at radius 3 is 2.69 bits per heavy atom. The monoisotopic (exact) mass is 194 g/mol. The van der Waals surface area contributed by atoms with Crippen LogP contribution in [-0.4, -0.2) is 9.59 Å². The van der Waals surface area contributed by atoms with Crippen LogP contribution >= 0.6 is 11.5 Å². The molecule has 1 aromatic heterocycles. The molecular weight excluding hydrogens is 187 g/mol. The molecule has 0 bridgehead atoms. The molecule has 0 amide bonds. The number of hydrogen-bond donors (Lipinski definition) is 0. The summed E-state index contributed by atoms with van der Waals surface area (Å²) in [6.45, 7) is -0.555. The van der Waals surface area contributed by atoms with E-state index in [1.165, 1.54) is 11.5 Å². The second-order valence-electron chi connectivity index (χ2n) is 2.55. The highest BCUT2D eigenvalue weighted by molar-refractivity contribution is 7.09. The summed E-state index contributed by atoms with van der Waals surface area (Å²) in [7, 11) is 0. The summed E-state index contributed by atoms with van der Waals surface area (Å²) in [5.41, 5.74) is 1.40. The van der Waals surface area contributed by atoms with E-state index in [1.807, 2.05) is 30.3 Å². The molecule has 13 heavy (non-hydrogen) atoms. The lowest BCUT2D eigenvalue weighted by molar-refractivity contribution is 0.476. The van der Waals surface area contributed by atoms with Gasteiger partial charge in [-0.2, -0.15) is 0 Å². The molecular formula is C9H7FN2S. The summed E-state index contributed by atoms with van der Waals surface area (Å²) in [5.74, 6) is 0. The van der Waals surface area contributed by atoms with E-state index in [4.69, 9.17) is 0 Å². The maximum absolute atomic E-state index is 12.4. The number of aromatic nitrogens is 2. The van der Waals surface area contributed by atoms with E-state index in [9.17, 15) is 4.39 Å². The second-order valence-corrected chi connectivity index (χ2v) is 3.30. The average Bonchev–Trinajstić information content (AvgIpc) is 2.67. The fourth-order valence-electron chi connectivity index (χ4n) is 1.10. The van der Waals surface area contributed by atoms with Crippen LogP contribution in [0.3, 0.4) is 0 Å². The van der Waals surface area contributed by atoms with E-state index in [1.54, 1.807) is 0 Å². The number of alkyl halides is 1. The molecule has 0 radical (unpaired) electrons. The van der Waals surface area contributed by atoms with Crippen molar-refractivity contribution in [2.75, 3.05) is 0 Å². The van der Waals surface area contributed by atoms with Gasteiger partial charge in [-0.25, -0.2) is 4.39 Å². The van der Waals surface area contributed by atoms with Crippen LogP contribution in [0, 0.1) is 0 Å². The molecule has 66 valence electrons. The van der Waals surface area contributed by atoms with Crippen LogP contribution in [0.15, 0.2) is 30.3 Å². The fraction of sp³-hybridized carbons (Fsp3) is 0.111. The van der Waals surface area contributed by atoms with Crippen LogP contribution in [0.5, 0.6) is 0 Å². The summed E-state index contributed by atoms with van der Waals surface area (Å²) in [4.78, 5) is 0.822. The highest BCUT2D eigenvalue weighted by Crippen LogP contribution is 2.25. The number of nitrogens with zero attached hydrogens (tertiary/aromatic N) is 2. The van der Waals surface area contributed by atoms with Gasteiger partial charge in [-0.3, -0.25) is 0 Å². The Bertz CT molecular complexity index is 386. The first-order chi connectivity index (χ1) is 6.42. The molecule has 0 aliphatic rings. The number of benzene rings is 1. The van der Waals surface area contributed by atoms with Gasteiger partial charge in [0.15, 0.2) is 0 Å². The first-order valence-corrected chi connectivity index (χ1v) is 4.62. The number of hydrogen-bond acceptors (Lipinski definition) is 3. The molecule has 1 heterocycles. The zero-order valence-electron chi connectivity index (χ0n) is 6.77. The largest absolute Gasteiger partial charge is 0.244 e. The predicted octanol–water partition coefficient (Wildman–Crippen LogP) is 2.67. The third-order valence-corrected chi connectivity index (χ3v) is 2.54. The molecule has 0 aliphatic heterocycles. The van der Waals surface area contributed by atoms with Crippen LogP contribution in [0.4, 0.5) is 4.39 Å². The smallest absolute Gasteiger partial charge is 0.135 e. The van der Waals surface area contributed by atoms with E-state index in [-0.39, 0.29) is 0 Å². The molecule has 0 spiro atoms. The molecule has 0 aliphatic carbocycles. The van der Waals surface area contributed by atoms with Crippen molar-refractivity contribution >= 4 is 11.5 Å². The van der Waals surface area contributed by atoms with Gasteiger partial charge in [-0.15, -0.1) is 5.10 Å². The van der Waals surface area contributed by atoms with Crippen LogP contribution in [0.25, 0.3) is 10.4 Å². The Morgan fingerprint density at radius 1 is 1.23 bits per heavy atom. The van der Waals surface area contributed by atoms with Crippen molar-refractivity contribution in [2.24, 2.45) is 0 Å². The maximum atomic E-state index is 12.4. The summed E-state index contributed by atoms with van der Waals surface area (Å²) in [6.07, 6.45) is 0. The SMILES string of the molecule is FCc1nnsc1-c1ccccc1. The highest BCUT2D eigenvalue weighted by Gasteiger charge is 2.08. The van der Waals surface area contributed by atoms with Gasteiger partial charge in [-0.1, -0.05) is 34.8 Å². The van der Waals surface area contributed by atoms with Crippen LogP contribution in [0.1, 0.15) is 5.69 Å².